The molecule has 3 heteroatoms. The molecule has 0 saturated carbocycles. The lowest BCUT2D eigenvalue weighted by molar-refractivity contribution is -0.249. The molecule has 0 atom stereocenters. The first-order chi connectivity index (χ1) is 6.29. The molecule has 3 nitrogen and oxygen atoms in total. The van der Waals surface area contributed by atoms with Gasteiger partial charge in [-0.1, -0.05) is 36.4 Å². The zero-order valence-electron chi connectivity index (χ0n) is 7.07. The van der Waals surface area contributed by atoms with E-state index in [1.807, 2.05) is 35.6 Å². The third-order valence-corrected chi connectivity index (χ3v) is 1.52. The summed E-state index contributed by atoms with van der Waals surface area (Å²) in [6.07, 6.45) is 2.51. The molecule has 0 fully saturated rings. The van der Waals surface area contributed by atoms with Gasteiger partial charge in [0.25, 0.3) is 0 Å². The molecule has 68 valence electrons. The molecule has 0 unspecified atom stereocenters. The van der Waals surface area contributed by atoms with E-state index in [0.29, 0.717) is 6.42 Å². The second-order valence-electron chi connectivity index (χ2n) is 2.52. The first-order valence-corrected chi connectivity index (χ1v) is 3.95. The average molecular weight is 176 g/mol. The van der Waals surface area contributed by atoms with Gasteiger partial charge in [0.1, 0.15) is 6.09 Å². The lowest BCUT2D eigenvalue weighted by Crippen LogP contribution is -2.32. The van der Waals surface area contributed by atoms with Crippen LogP contribution < -0.4 is 10.4 Å². The van der Waals surface area contributed by atoms with Crippen LogP contribution in [0.25, 0.3) is 0 Å². The number of amides is 1. The SMILES string of the molecule is O=C([O-])NC=CCc1ccccc1. The summed E-state index contributed by atoms with van der Waals surface area (Å²) in [6.45, 7) is 0. The van der Waals surface area contributed by atoms with Crippen LogP contribution in [0, 0.1) is 0 Å². The molecule has 0 heterocycles. The Bertz CT molecular complexity index is 293. The molecule has 0 aromatic heterocycles. The topological polar surface area (TPSA) is 52.2 Å². The van der Waals surface area contributed by atoms with Crippen molar-refractivity contribution in [2.75, 3.05) is 0 Å². The summed E-state index contributed by atoms with van der Waals surface area (Å²) in [4.78, 5) is 9.94. The lowest BCUT2D eigenvalue weighted by atomic mass is 10.1. The van der Waals surface area contributed by atoms with Gasteiger partial charge in [-0.3, -0.25) is 0 Å². The number of benzene rings is 1. The number of hydrogen-bond donors (Lipinski definition) is 1. The third-order valence-electron chi connectivity index (χ3n) is 1.52. The van der Waals surface area contributed by atoms with Crippen LogP contribution in [-0.4, -0.2) is 6.09 Å². The average Bonchev–Trinajstić information content (AvgIpc) is 2.14. The van der Waals surface area contributed by atoms with Gasteiger partial charge in [-0.15, -0.1) is 0 Å². The van der Waals surface area contributed by atoms with Crippen LogP contribution in [0.4, 0.5) is 4.79 Å². The molecule has 13 heavy (non-hydrogen) atoms. The van der Waals surface area contributed by atoms with Crippen molar-refractivity contribution >= 4 is 6.09 Å². The van der Waals surface area contributed by atoms with E-state index in [1.165, 1.54) is 6.20 Å². The monoisotopic (exact) mass is 176 g/mol. The molecule has 0 aliphatic rings. The van der Waals surface area contributed by atoms with Crippen LogP contribution >= 0.6 is 0 Å². The van der Waals surface area contributed by atoms with Gasteiger partial charge in [-0.25, -0.2) is 0 Å². The summed E-state index contributed by atoms with van der Waals surface area (Å²) in [6, 6.07) is 9.77. The highest BCUT2D eigenvalue weighted by Gasteiger charge is 1.84. The van der Waals surface area contributed by atoms with Crippen molar-refractivity contribution in [1.29, 1.82) is 0 Å². The normalized spacial score (nSPS) is 10.2. The van der Waals surface area contributed by atoms with Gasteiger partial charge in [0, 0.05) is 0 Å². The number of hydrogen-bond acceptors (Lipinski definition) is 2. The Morgan fingerprint density at radius 3 is 2.69 bits per heavy atom. The van der Waals surface area contributed by atoms with Crippen molar-refractivity contribution in [3.8, 4) is 0 Å². The van der Waals surface area contributed by atoms with Crippen molar-refractivity contribution in [2.45, 2.75) is 6.42 Å². The fourth-order valence-corrected chi connectivity index (χ4v) is 0.936. The lowest BCUT2D eigenvalue weighted by Gasteiger charge is -1.98. The Labute approximate surface area is 76.7 Å². The van der Waals surface area contributed by atoms with Gasteiger partial charge in [0.05, 0.1) is 0 Å². The number of allylic oxidation sites excluding steroid dienone is 1. The molecule has 1 aromatic carbocycles. The van der Waals surface area contributed by atoms with Gasteiger partial charge in [-0.05, 0) is 18.2 Å². The molecule has 1 N–H and O–H groups in total. The Kier molecular flexibility index (Phi) is 3.57. The maximum atomic E-state index is 9.94. The summed E-state index contributed by atoms with van der Waals surface area (Å²) < 4.78 is 0. The number of nitrogens with one attached hydrogen (secondary N) is 1. The fraction of sp³-hybridized carbons (Fsp3) is 0.100. The molecule has 0 saturated heterocycles. The van der Waals surface area contributed by atoms with E-state index < -0.39 is 6.09 Å². The van der Waals surface area contributed by atoms with E-state index in [1.54, 1.807) is 6.08 Å². The first kappa shape index (κ1) is 9.32. The Hall–Kier alpha value is -1.77. The molecule has 0 aliphatic heterocycles. The van der Waals surface area contributed by atoms with E-state index in [-0.39, 0.29) is 0 Å². The molecule has 0 bridgehead atoms. The molecule has 0 aliphatic carbocycles. The van der Waals surface area contributed by atoms with Gasteiger partial charge in [-0.2, -0.15) is 0 Å². The zero-order chi connectivity index (χ0) is 9.52. The number of carbonyl (C=O) groups excluding carboxylic acids is 1. The van der Waals surface area contributed by atoms with Crippen LogP contribution in [-0.2, 0) is 6.42 Å². The predicted molar refractivity (Wildman–Crippen MR) is 47.8 cm³/mol. The maximum absolute atomic E-state index is 9.94. The molecule has 1 rings (SSSR count). The van der Waals surface area contributed by atoms with E-state index >= 15 is 0 Å². The molecular weight excluding hydrogens is 166 g/mol. The highest BCUT2D eigenvalue weighted by molar-refractivity contribution is 5.63. The molecule has 1 aromatic rings. The zero-order valence-corrected chi connectivity index (χ0v) is 7.07. The first-order valence-electron chi connectivity index (χ1n) is 3.95. The summed E-state index contributed by atoms with van der Waals surface area (Å²) in [5, 5.41) is 12.0. The number of carbonyl (C=O) groups is 1. The fourth-order valence-electron chi connectivity index (χ4n) is 0.936. The van der Waals surface area contributed by atoms with Crippen LogP contribution in [0.15, 0.2) is 42.6 Å². The van der Waals surface area contributed by atoms with Gasteiger partial charge < -0.3 is 15.2 Å². The van der Waals surface area contributed by atoms with E-state index in [9.17, 15) is 9.90 Å². The Morgan fingerprint density at radius 2 is 2.08 bits per heavy atom. The minimum absolute atomic E-state index is 0.709. The second kappa shape index (κ2) is 4.98. The second-order valence-corrected chi connectivity index (χ2v) is 2.52. The highest BCUT2D eigenvalue weighted by atomic mass is 16.4. The highest BCUT2D eigenvalue weighted by Crippen LogP contribution is 1.99. The summed E-state index contributed by atoms with van der Waals surface area (Å²) >= 11 is 0. The summed E-state index contributed by atoms with van der Waals surface area (Å²) in [5.41, 5.74) is 1.14. The molecule has 0 radical (unpaired) electrons. The molecule has 1 amide bonds. The smallest absolute Gasteiger partial charge is 0.138 e. The van der Waals surface area contributed by atoms with E-state index in [4.69, 9.17) is 0 Å². The van der Waals surface area contributed by atoms with Crippen molar-refractivity contribution in [3.05, 3.63) is 48.2 Å². The number of carboxylic acid groups (broad SMARTS) is 1. The van der Waals surface area contributed by atoms with Crippen LogP contribution in [0.3, 0.4) is 0 Å². The quantitative estimate of drug-likeness (QED) is 0.736. The standard InChI is InChI=1S/C10H11NO2/c12-10(13)11-8-4-7-9-5-2-1-3-6-9/h1-6,8,11H,7H2,(H,12,13)/p-1. The largest absolute Gasteiger partial charge is 0.530 e. The third kappa shape index (κ3) is 3.96. The van der Waals surface area contributed by atoms with Crippen molar-refractivity contribution < 1.29 is 9.90 Å². The Balaban J connectivity index is 2.35. The van der Waals surface area contributed by atoms with Crippen LogP contribution in [0.2, 0.25) is 0 Å². The summed E-state index contributed by atoms with van der Waals surface area (Å²) in [7, 11) is 0. The minimum Gasteiger partial charge on any atom is -0.530 e. The molecular formula is C10H10NO2-. The van der Waals surface area contributed by atoms with E-state index in [0.717, 1.165) is 5.56 Å². The maximum Gasteiger partial charge on any atom is 0.138 e. The van der Waals surface area contributed by atoms with Crippen LogP contribution in [0.5, 0.6) is 0 Å². The van der Waals surface area contributed by atoms with Gasteiger partial charge in [0.2, 0.25) is 0 Å². The van der Waals surface area contributed by atoms with Crippen molar-refractivity contribution in [2.24, 2.45) is 0 Å². The predicted octanol–water partition coefficient (Wildman–Crippen LogP) is 0.676. The Morgan fingerprint density at radius 1 is 1.38 bits per heavy atom. The van der Waals surface area contributed by atoms with Crippen LogP contribution in [0.1, 0.15) is 5.56 Å². The molecule has 0 spiro atoms. The van der Waals surface area contributed by atoms with Gasteiger partial charge >= 0.3 is 0 Å². The van der Waals surface area contributed by atoms with Crippen molar-refractivity contribution in [1.82, 2.24) is 5.32 Å². The van der Waals surface area contributed by atoms with Gasteiger partial charge in [0.15, 0.2) is 0 Å². The summed E-state index contributed by atoms with van der Waals surface area (Å²) in [5.74, 6) is 0. The van der Waals surface area contributed by atoms with E-state index in [2.05, 4.69) is 0 Å². The van der Waals surface area contributed by atoms with Crippen molar-refractivity contribution in [3.63, 3.8) is 0 Å². The number of rotatable bonds is 3. The minimum atomic E-state index is -1.29.